The first-order chi connectivity index (χ1) is 8.66. The Morgan fingerprint density at radius 3 is 3.00 bits per heavy atom. The molecule has 1 aliphatic heterocycles. The van der Waals surface area contributed by atoms with Gasteiger partial charge in [0, 0.05) is 11.7 Å². The van der Waals surface area contributed by atoms with Gasteiger partial charge in [0.25, 0.3) is 0 Å². The van der Waals surface area contributed by atoms with E-state index >= 15 is 0 Å². The maximum Gasteiger partial charge on any atom is 0.224 e. The van der Waals surface area contributed by atoms with Gasteiger partial charge in [0.1, 0.15) is 0 Å². The summed E-state index contributed by atoms with van der Waals surface area (Å²) in [5.74, 6) is 0.687. The average molecular weight is 261 g/mol. The Morgan fingerprint density at radius 1 is 1.39 bits per heavy atom. The van der Waals surface area contributed by atoms with E-state index in [4.69, 9.17) is 17.3 Å². The lowest BCUT2D eigenvalue weighted by molar-refractivity contribution is 0.750. The fourth-order valence-electron chi connectivity index (χ4n) is 2.44. The van der Waals surface area contributed by atoms with Gasteiger partial charge in [-0.3, -0.25) is 0 Å². The third-order valence-electron chi connectivity index (χ3n) is 3.20. The molecule has 0 aliphatic carbocycles. The number of nitrogen functional groups attached to an aromatic ring is 1. The second kappa shape index (κ2) is 4.14. The minimum absolute atomic E-state index is 0.218. The first kappa shape index (κ1) is 11.3. The zero-order valence-corrected chi connectivity index (χ0v) is 10.7. The lowest BCUT2D eigenvalue weighted by Crippen LogP contribution is -2.26. The summed E-state index contributed by atoms with van der Waals surface area (Å²) in [6, 6.07) is 8.59. The molecule has 3 rings (SSSR count). The second-order valence-corrected chi connectivity index (χ2v) is 4.81. The molecule has 0 amide bonds. The molecule has 4 nitrogen and oxygen atoms in total. The number of hydrogen-bond acceptors (Lipinski definition) is 4. The first-order valence-corrected chi connectivity index (χ1v) is 6.20. The number of fused-ring (bicyclic) bond motifs is 1. The van der Waals surface area contributed by atoms with Gasteiger partial charge >= 0.3 is 0 Å². The molecule has 92 valence electrons. The summed E-state index contributed by atoms with van der Waals surface area (Å²) >= 11 is 5.87. The number of rotatable bonds is 1. The van der Waals surface area contributed by atoms with Crippen molar-refractivity contribution in [3.8, 4) is 0 Å². The summed E-state index contributed by atoms with van der Waals surface area (Å²) in [6.07, 6.45) is 2.54. The molecule has 0 spiro atoms. The number of nitrogens with zero attached hydrogens (tertiary/aromatic N) is 3. The third kappa shape index (κ3) is 1.69. The van der Waals surface area contributed by atoms with Crippen LogP contribution < -0.4 is 10.6 Å². The van der Waals surface area contributed by atoms with Crippen molar-refractivity contribution in [1.82, 2.24) is 9.97 Å². The van der Waals surface area contributed by atoms with Crippen molar-refractivity contribution in [2.45, 2.75) is 19.4 Å². The van der Waals surface area contributed by atoms with Crippen molar-refractivity contribution in [1.29, 1.82) is 0 Å². The van der Waals surface area contributed by atoms with E-state index in [0.717, 1.165) is 12.1 Å². The van der Waals surface area contributed by atoms with Crippen LogP contribution in [0.25, 0.3) is 0 Å². The molecule has 1 aromatic heterocycles. The van der Waals surface area contributed by atoms with E-state index < -0.39 is 0 Å². The number of anilines is 3. The van der Waals surface area contributed by atoms with Gasteiger partial charge in [-0.25, -0.2) is 4.98 Å². The number of hydrogen-bond donors (Lipinski definition) is 1. The van der Waals surface area contributed by atoms with Gasteiger partial charge < -0.3 is 10.6 Å². The standard InChI is InChI=1S/C13H13ClN4/c1-8-6-9-4-2-3-5-11(9)18(8)12-10(15)7-16-13(14)17-12/h2-5,7-8H,6,15H2,1H3. The van der Waals surface area contributed by atoms with Crippen molar-refractivity contribution in [3.63, 3.8) is 0 Å². The summed E-state index contributed by atoms with van der Waals surface area (Å²) in [6.45, 7) is 2.15. The van der Waals surface area contributed by atoms with Crippen molar-refractivity contribution < 1.29 is 0 Å². The van der Waals surface area contributed by atoms with Crippen molar-refractivity contribution in [2.24, 2.45) is 0 Å². The first-order valence-electron chi connectivity index (χ1n) is 5.82. The quantitative estimate of drug-likeness (QED) is 0.801. The Labute approximate surface area is 110 Å². The predicted molar refractivity (Wildman–Crippen MR) is 73.2 cm³/mol. The van der Waals surface area contributed by atoms with Gasteiger partial charge in [0.2, 0.25) is 5.28 Å². The van der Waals surface area contributed by atoms with Gasteiger partial charge in [-0.2, -0.15) is 4.98 Å². The van der Waals surface area contributed by atoms with Crippen LogP contribution >= 0.6 is 11.6 Å². The highest BCUT2D eigenvalue weighted by atomic mass is 35.5. The molecule has 0 bridgehead atoms. The summed E-state index contributed by atoms with van der Waals surface area (Å²) in [5, 5.41) is 0.218. The molecular weight excluding hydrogens is 248 g/mol. The van der Waals surface area contributed by atoms with Crippen LogP contribution in [0.1, 0.15) is 12.5 Å². The highest BCUT2D eigenvalue weighted by Gasteiger charge is 2.29. The fraction of sp³-hybridized carbons (Fsp3) is 0.231. The van der Waals surface area contributed by atoms with Gasteiger partial charge in [0.15, 0.2) is 5.82 Å². The molecule has 0 fully saturated rings. The average Bonchev–Trinajstić information content (AvgIpc) is 2.68. The van der Waals surface area contributed by atoms with E-state index in [1.807, 2.05) is 12.1 Å². The van der Waals surface area contributed by atoms with Crippen LogP contribution in [0.3, 0.4) is 0 Å². The number of halogens is 1. The van der Waals surface area contributed by atoms with Crippen molar-refractivity contribution in [2.75, 3.05) is 10.6 Å². The zero-order chi connectivity index (χ0) is 12.7. The Morgan fingerprint density at radius 2 is 2.17 bits per heavy atom. The number of nitrogens with two attached hydrogens (primary N) is 1. The molecular formula is C13H13ClN4. The van der Waals surface area contributed by atoms with Gasteiger partial charge in [-0.1, -0.05) is 18.2 Å². The SMILES string of the molecule is CC1Cc2ccccc2N1c1nc(Cl)ncc1N. The van der Waals surface area contributed by atoms with Crippen molar-refractivity contribution >= 4 is 28.8 Å². The normalized spacial score (nSPS) is 17.9. The van der Waals surface area contributed by atoms with E-state index in [2.05, 4.69) is 33.9 Å². The van der Waals surface area contributed by atoms with Crippen molar-refractivity contribution in [3.05, 3.63) is 41.3 Å². The second-order valence-electron chi connectivity index (χ2n) is 4.47. The maximum absolute atomic E-state index is 5.96. The molecule has 1 aromatic carbocycles. The smallest absolute Gasteiger partial charge is 0.224 e. The summed E-state index contributed by atoms with van der Waals surface area (Å²) in [4.78, 5) is 10.3. The van der Waals surface area contributed by atoms with Gasteiger partial charge in [-0.15, -0.1) is 0 Å². The van der Waals surface area contributed by atoms with Crippen LogP contribution in [0.15, 0.2) is 30.5 Å². The fourth-order valence-corrected chi connectivity index (χ4v) is 2.57. The summed E-state index contributed by atoms with van der Waals surface area (Å²) in [5.41, 5.74) is 8.96. The van der Waals surface area contributed by atoms with Gasteiger partial charge in [-0.05, 0) is 36.6 Å². The molecule has 0 radical (unpaired) electrons. The maximum atomic E-state index is 5.96. The molecule has 0 saturated carbocycles. The van der Waals surface area contributed by atoms with Crippen LogP contribution in [0.4, 0.5) is 17.2 Å². The Hall–Kier alpha value is -1.81. The third-order valence-corrected chi connectivity index (χ3v) is 3.38. The molecule has 1 aliphatic rings. The molecule has 2 heterocycles. The highest BCUT2D eigenvalue weighted by Crippen LogP contribution is 2.39. The van der Waals surface area contributed by atoms with E-state index in [1.54, 1.807) is 6.20 Å². The topological polar surface area (TPSA) is 55.0 Å². The van der Waals surface area contributed by atoms with Crippen LogP contribution in [0.2, 0.25) is 5.28 Å². The van der Waals surface area contributed by atoms with E-state index in [0.29, 0.717) is 17.5 Å². The summed E-state index contributed by atoms with van der Waals surface area (Å²) < 4.78 is 0. The van der Waals surface area contributed by atoms with Crippen LogP contribution in [-0.4, -0.2) is 16.0 Å². The highest BCUT2D eigenvalue weighted by molar-refractivity contribution is 6.28. The van der Waals surface area contributed by atoms with E-state index in [-0.39, 0.29) is 5.28 Å². The number of para-hydroxylation sites is 1. The monoisotopic (exact) mass is 260 g/mol. The number of aromatic nitrogens is 2. The van der Waals surface area contributed by atoms with E-state index in [1.165, 1.54) is 5.56 Å². The van der Waals surface area contributed by atoms with E-state index in [9.17, 15) is 0 Å². The molecule has 2 aromatic rings. The largest absolute Gasteiger partial charge is 0.394 e. The predicted octanol–water partition coefficient (Wildman–Crippen LogP) is 2.79. The molecule has 1 unspecified atom stereocenters. The van der Waals surface area contributed by atoms with Gasteiger partial charge in [0.05, 0.1) is 11.9 Å². The zero-order valence-electron chi connectivity index (χ0n) is 9.97. The summed E-state index contributed by atoms with van der Waals surface area (Å²) in [7, 11) is 0. The minimum atomic E-state index is 0.218. The van der Waals surface area contributed by atoms with Crippen LogP contribution in [0.5, 0.6) is 0 Å². The lowest BCUT2D eigenvalue weighted by atomic mass is 10.1. The molecule has 0 saturated heterocycles. The van der Waals surface area contributed by atoms with Crippen LogP contribution in [0, 0.1) is 0 Å². The molecule has 18 heavy (non-hydrogen) atoms. The Balaban J connectivity index is 2.14. The number of benzene rings is 1. The lowest BCUT2D eigenvalue weighted by Gasteiger charge is -2.24. The molecule has 1 atom stereocenters. The minimum Gasteiger partial charge on any atom is -0.394 e. The van der Waals surface area contributed by atoms with Crippen LogP contribution in [-0.2, 0) is 6.42 Å². The Kier molecular flexibility index (Phi) is 2.59. The molecule has 2 N–H and O–H groups in total. The Bertz CT molecular complexity index is 599. The molecule has 5 heteroatoms.